The molecule has 2 aliphatic carbocycles. The molecule has 3 rings (SSSR count). The Kier molecular flexibility index (Phi) is 10.0. The summed E-state index contributed by atoms with van der Waals surface area (Å²) in [6.45, 7) is 13.2. The molecule has 0 aromatic rings. The first-order valence-electron chi connectivity index (χ1n) is 15.0. The van der Waals surface area contributed by atoms with E-state index < -0.39 is 41.1 Å². The highest BCUT2D eigenvalue weighted by molar-refractivity contribution is 6.36. The predicted molar refractivity (Wildman–Crippen MR) is 153 cm³/mol. The number of primary amides is 1. The molecule has 2 N–H and O–H groups in total. The number of rotatable bonds is 14. The highest BCUT2D eigenvalue weighted by atomic mass is 16.6. The van der Waals surface area contributed by atoms with Gasteiger partial charge in [0.15, 0.2) is 11.6 Å². The van der Waals surface area contributed by atoms with E-state index in [4.69, 9.17) is 10.5 Å². The molecule has 2 amide bonds. The monoisotopic (exact) mass is 572 g/mol. The molecule has 1 unspecified atom stereocenters. The van der Waals surface area contributed by atoms with Gasteiger partial charge < -0.3 is 15.4 Å². The zero-order valence-corrected chi connectivity index (χ0v) is 25.8. The number of esters is 1. The van der Waals surface area contributed by atoms with Gasteiger partial charge in [0.05, 0.1) is 12.5 Å². The third-order valence-electron chi connectivity index (χ3n) is 9.50. The summed E-state index contributed by atoms with van der Waals surface area (Å²) in [5.41, 5.74) is 5.04. The number of piperidine rings is 1. The van der Waals surface area contributed by atoms with E-state index in [-0.39, 0.29) is 60.4 Å². The van der Waals surface area contributed by atoms with Crippen molar-refractivity contribution in [3.8, 4) is 0 Å². The molecule has 0 spiro atoms. The Morgan fingerprint density at radius 1 is 1.05 bits per heavy atom. The van der Waals surface area contributed by atoms with Gasteiger partial charge in [-0.25, -0.2) is 0 Å². The summed E-state index contributed by atoms with van der Waals surface area (Å²) in [7, 11) is 0. The molecular weight excluding hydrogens is 524 g/mol. The maximum atomic E-state index is 14.1. The van der Waals surface area contributed by atoms with Gasteiger partial charge in [-0.15, -0.1) is 0 Å². The van der Waals surface area contributed by atoms with Crippen molar-refractivity contribution < 1.29 is 33.5 Å². The summed E-state index contributed by atoms with van der Waals surface area (Å²) in [4.78, 5) is 79.4. The van der Waals surface area contributed by atoms with Crippen LogP contribution in [0, 0.1) is 35.0 Å². The first-order chi connectivity index (χ1) is 19.0. The molecular formula is C32H48N2O7. The molecule has 0 bridgehead atoms. The van der Waals surface area contributed by atoms with E-state index in [2.05, 4.69) is 13.8 Å². The molecule has 5 atom stereocenters. The molecule has 228 valence electrons. The Balaban J connectivity index is 1.84. The van der Waals surface area contributed by atoms with Crippen molar-refractivity contribution in [2.45, 2.75) is 111 Å². The number of Topliss-reactive ketones (excluding diaryl/α,β-unsaturated/α-hetero) is 3. The lowest BCUT2D eigenvalue weighted by atomic mass is 9.76. The van der Waals surface area contributed by atoms with Crippen LogP contribution in [0.4, 0.5) is 0 Å². The number of carbonyl (C=O) groups is 6. The zero-order valence-electron chi connectivity index (χ0n) is 25.8. The minimum Gasteiger partial charge on any atom is -0.460 e. The van der Waals surface area contributed by atoms with Crippen molar-refractivity contribution in [2.24, 2.45) is 40.7 Å². The minimum absolute atomic E-state index is 0.0685. The molecule has 0 radical (unpaired) electrons. The van der Waals surface area contributed by atoms with E-state index in [9.17, 15) is 28.8 Å². The largest absolute Gasteiger partial charge is 0.460 e. The second kappa shape index (κ2) is 12.6. The van der Waals surface area contributed by atoms with Crippen LogP contribution in [0.2, 0.25) is 0 Å². The van der Waals surface area contributed by atoms with Gasteiger partial charge in [-0.2, -0.15) is 0 Å². The molecule has 3 aliphatic rings. The van der Waals surface area contributed by atoms with Gasteiger partial charge in [-0.1, -0.05) is 39.2 Å². The quantitative estimate of drug-likeness (QED) is 0.189. The van der Waals surface area contributed by atoms with Gasteiger partial charge in [0.2, 0.25) is 11.7 Å². The van der Waals surface area contributed by atoms with Gasteiger partial charge >= 0.3 is 5.97 Å². The molecule has 0 aromatic carbocycles. The number of hydrogen-bond donors (Lipinski definition) is 1. The fourth-order valence-corrected chi connectivity index (χ4v) is 6.66. The Morgan fingerprint density at radius 2 is 1.68 bits per heavy atom. The summed E-state index contributed by atoms with van der Waals surface area (Å²) >= 11 is 0. The number of nitrogens with zero attached hydrogens (tertiary/aromatic N) is 1. The Bertz CT molecular complexity index is 1110. The van der Waals surface area contributed by atoms with Crippen molar-refractivity contribution in [3.05, 3.63) is 11.6 Å². The van der Waals surface area contributed by atoms with Gasteiger partial charge in [-0.3, -0.25) is 28.8 Å². The van der Waals surface area contributed by atoms with Crippen LogP contribution in [0.1, 0.15) is 99.8 Å². The third-order valence-corrected chi connectivity index (χ3v) is 9.50. The lowest BCUT2D eigenvalue weighted by Gasteiger charge is -2.34. The van der Waals surface area contributed by atoms with E-state index in [1.54, 1.807) is 45.6 Å². The lowest BCUT2D eigenvalue weighted by Crippen LogP contribution is -2.49. The normalized spacial score (nSPS) is 25.0. The van der Waals surface area contributed by atoms with Crippen molar-refractivity contribution >= 4 is 35.1 Å². The van der Waals surface area contributed by atoms with Gasteiger partial charge in [0, 0.05) is 31.2 Å². The SMILES string of the molecule is C/C=C(\C)C(=O)CC[C@H](CC(=O)OC(C)(C)C)C(=O)N1C[C@H]2[C@@H]([C@H]1C(=O)CC(CC1CCC1)C(=O)C(N)=O)C2(C)C. The second-order valence-corrected chi connectivity index (χ2v) is 13.9. The van der Waals surface area contributed by atoms with Crippen LogP contribution in [-0.2, 0) is 33.5 Å². The van der Waals surface area contributed by atoms with Crippen molar-refractivity contribution in [1.29, 1.82) is 0 Å². The highest BCUT2D eigenvalue weighted by Gasteiger charge is 2.69. The summed E-state index contributed by atoms with van der Waals surface area (Å²) in [5.74, 6) is -4.27. The van der Waals surface area contributed by atoms with Crippen LogP contribution < -0.4 is 5.73 Å². The maximum absolute atomic E-state index is 14.1. The van der Waals surface area contributed by atoms with E-state index >= 15 is 0 Å². The molecule has 1 aliphatic heterocycles. The van der Waals surface area contributed by atoms with Crippen LogP contribution in [0.5, 0.6) is 0 Å². The molecule has 2 saturated carbocycles. The van der Waals surface area contributed by atoms with Crippen LogP contribution in [0.25, 0.3) is 0 Å². The third kappa shape index (κ3) is 7.72. The summed E-state index contributed by atoms with van der Waals surface area (Å²) in [5, 5.41) is 0. The van der Waals surface area contributed by atoms with Gasteiger partial charge in [-0.05, 0) is 76.2 Å². The molecule has 3 fully saturated rings. The standard InChI is InChI=1S/C32H48N2O7/c1-8-18(2)23(35)13-12-20(16-25(37)41-31(3,4)5)30(40)34-17-22-26(32(22,6)7)27(34)24(36)15-21(28(38)29(33)39)14-19-10-9-11-19/h8,19-22,26-27H,9-17H2,1-7H3,(H2,33,39)/b18-8+/t20-,21?,22+,26+,27-/m1/s1. The summed E-state index contributed by atoms with van der Waals surface area (Å²) < 4.78 is 5.49. The number of allylic oxidation sites excluding steroid dienone is 2. The summed E-state index contributed by atoms with van der Waals surface area (Å²) in [6, 6.07) is -0.749. The molecule has 1 saturated heterocycles. The van der Waals surface area contributed by atoms with E-state index in [0.717, 1.165) is 19.3 Å². The first kappa shape index (κ1) is 32.7. The molecule has 9 heteroatoms. The molecule has 1 heterocycles. The van der Waals surface area contributed by atoms with Gasteiger partial charge in [0.1, 0.15) is 5.60 Å². The maximum Gasteiger partial charge on any atom is 0.307 e. The summed E-state index contributed by atoms with van der Waals surface area (Å²) in [6.07, 6.45) is 5.05. The van der Waals surface area contributed by atoms with Gasteiger partial charge in [0.25, 0.3) is 5.91 Å². The van der Waals surface area contributed by atoms with E-state index in [1.807, 2.05) is 0 Å². The average molecular weight is 573 g/mol. The van der Waals surface area contributed by atoms with Crippen LogP contribution in [0.3, 0.4) is 0 Å². The number of ether oxygens (including phenoxy) is 1. The van der Waals surface area contributed by atoms with E-state index in [1.165, 1.54) is 0 Å². The predicted octanol–water partition coefficient (Wildman–Crippen LogP) is 3.95. The van der Waals surface area contributed by atoms with Crippen molar-refractivity contribution in [2.75, 3.05) is 6.54 Å². The topological polar surface area (TPSA) is 141 Å². The zero-order chi connectivity index (χ0) is 30.9. The Hall–Kier alpha value is -2.84. The fraction of sp³-hybridized carbons (Fsp3) is 0.750. The number of amides is 2. The number of hydrogen-bond acceptors (Lipinski definition) is 7. The molecule has 41 heavy (non-hydrogen) atoms. The minimum atomic E-state index is -1.04. The number of ketones is 3. The first-order valence-corrected chi connectivity index (χ1v) is 15.0. The van der Waals surface area contributed by atoms with E-state index in [0.29, 0.717) is 24.5 Å². The van der Waals surface area contributed by atoms with Crippen molar-refractivity contribution in [3.63, 3.8) is 0 Å². The fourth-order valence-electron chi connectivity index (χ4n) is 6.66. The van der Waals surface area contributed by atoms with Crippen molar-refractivity contribution in [1.82, 2.24) is 4.90 Å². The number of likely N-dealkylation sites (tertiary alicyclic amines) is 1. The second-order valence-electron chi connectivity index (χ2n) is 13.9. The van der Waals surface area contributed by atoms with Crippen LogP contribution in [-0.4, -0.2) is 58.2 Å². The Labute approximate surface area is 244 Å². The number of nitrogens with two attached hydrogens (primary N) is 1. The number of fused-ring (bicyclic) bond motifs is 1. The number of carbonyl (C=O) groups excluding carboxylic acids is 6. The molecule has 9 nitrogen and oxygen atoms in total. The van der Waals surface area contributed by atoms with Crippen LogP contribution in [0.15, 0.2) is 11.6 Å². The lowest BCUT2D eigenvalue weighted by molar-refractivity contribution is -0.159. The smallest absolute Gasteiger partial charge is 0.307 e. The highest BCUT2D eigenvalue weighted by Crippen LogP contribution is 2.65. The van der Waals surface area contributed by atoms with Crippen LogP contribution >= 0.6 is 0 Å². The molecule has 0 aromatic heterocycles. The average Bonchev–Trinajstić information content (AvgIpc) is 3.17. The Morgan fingerprint density at radius 3 is 2.20 bits per heavy atom.